The standard InChI is InChI=1S/C11H22BN/c13-9-3-8-12-10-4-1-5-11(12)7-2-6-10/h10-11H,1-9,13H2. The minimum Gasteiger partial charge on any atom is -0.331 e. The van der Waals surface area contributed by atoms with Gasteiger partial charge < -0.3 is 5.73 Å². The van der Waals surface area contributed by atoms with Gasteiger partial charge in [-0.2, -0.15) is 0 Å². The van der Waals surface area contributed by atoms with Gasteiger partial charge in [0.2, 0.25) is 0 Å². The summed E-state index contributed by atoms with van der Waals surface area (Å²) in [7, 11) is 0. The molecule has 0 aromatic carbocycles. The van der Waals surface area contributed by atoms with Crippen LogP contribution in [0.5, 0.6) is 0 Å². The Kier molecular flexibility index (Phi) is 3.31. The van der Waals surface area contributed by atoms with Crippen molar-refractivity contribution in [2.45, 2.75) is 62.9 Å². The fourth-order valence-electron chi connectivity index (χ4n) is 3.64. The zero-order valence-corrected chi connectivity index (χ0v) is 8.67. The predicted molar refractivity (Wildman–Crippen MR) is 59.4 cm³/mol. The normalized spacial score (nSPS) is 33.5. The second-order valence-electron chi connectivity index (χ2n) is 4.98. The SMILES string of the molecule is NCCCB1C2CCCC1CCC2. The molecule has 0 amide bonds. The summed E-state index contributed by atoms with van der Waals surface area (Å²) < 4.78 is 0. The second kappa shape index (κ2) is 4.50. The molecule has 2 fully saturated rings. The van der Waals surface area contributed by atoms with Gasteiger partial charge in [0.25, 0.3) is 0 Å². The first kappa shape index (κ1) is 9.58. The fraction of sp³-hybridized carbons (Fsp3) is 1.00. The molecule has 0 saturated carbocycles. The largest absolute Gasteiger partial charge is 0.331 e. The Balaban J connectivity index is 1.90. The van der Waals surface area contributed by atoms with Crippen LogP contribution in [0.15, 0.2) is 0 Å². The molecule has 2 heteroatoms. The average molecular weight is 179 g/mol. The van der Waals surface area contributed by atoms with E-state index in [1.165, 1.54) is 51.3 Å². The van der Waals surface area contributed by atoms with Crippen LogP contribution in [0, 0.1) is 0 Å². The highest BCUT2D eigenvalue weighted by atomic mass is 14.5. The maximum absolute atomic E-state index is 5.60. The molecule has 0 unspecified atom stereocenters. The first-order valence-corrected chi connectivity index (χ1v) is 6.12. The molecule has 1 nitrogen and oxygen atoms in total. The predicted octanol–water partition coefficient (Wildman–Crippen LogP) is 2.94. The van der Waals surface area contributed by atoms with Crippen LogP contribution in [0.3, 0.4) is 0 Å². The van der Waals surface area contributed by atoms with Crippen LogP contribution in [0.4, 0.5) is 0 Å². The van der Waals surface area contributed by atoms with Gasteiger partial charge in [0.05, 0.1) is 0 Å². The highest BCUT2D eigenvalue weighted by Gasteiger charge is 2.37. The average Bonchev–Trinajstić information content (AvgIpc) is 2.14. The summed E-state index contributed by atoms with van der Waals surface area (Å²) in [6.07, 6.45) is 11.8. The summed E-state index contributed by atoms with van der Waals surface area (Å²) in [5.41, 5.74) is 5.60. The summed E-state index contributed by atoms with van der Waals surface area (Å²) >= 11 is 0. The molecule has 13 heavy (non-hydrogen) atoms. The van der Waals surface area contributed by atoms with Crippen molar-refractivity contribution in [3.63, 3.8) is 0 Å². The third-order valence-corrected chi connectivity index (χ3v) is 4.25. The van der Waals surface area contributed by atoms with E-state index >= 15 is 0 Å². The van der Waals surface area contributed by atoms with Crippen molar-refractivity contribution in [2.24, 2.45) is 5.73 Å². The Bertz CT molecular complexity index is 138. The van der Waals surface area contributed by atoms with Crippen molar-refractivity contribution in [3.8, 4) is 0 Å². The molecule has 0 radical (unpaired) electrons. The second-order valence-corrected chi connectivity index (χ2v) is 4.98. The molecule has 0 aromatic heterocycles. The van der Waals surface area contributed by atoms with E-state index in [9.17, 15) is 0 Å². The molecule has 2 saturated heterocycles. The monoisotopic (exact) mass is 179 g/mol. The van der Waals surface area contributed by atoms with Crippen molar-refractivity contribution in [1.29, 1.82) is 0 Å². The van der Waals surface area contributed by atoms with E-state index in [0.29, 0.717) is 0 Å². The zero-order chi connectivity index (χ0) is 9.10. The maximum Gasteiger partial charge on any atom is 0.146 e. The molecule has 2 rings (SSSR count). The highest BCUT2D eigenvalue weighted by Crippen LogP contribution is 2.47. The van der Waals surface area contributed by atoms with Gasteiger partial charge in [0, 0.05) is 0 Å². The Morgan fingerprint density at radius 2 is 1.54 bits per heavy atom. The van der Waals surface area contributed by atoms with Gasteiger partial charge in [0.15, 0.2) is 0 Å². The van der Waals surface area contributed by atoms with E-state index in [2.05, 4.69) is 0 Å². The van der Waals surface area contributed by atoms with E-state index in [0.717, 1.165) is 24.9 Å². The van der Waals surface area contributed by atoms with Crippen molar-refractivity contribution >= 4 is 6.71 Å². The Hall–Kier alpha value is 0.0249. The number of hydrogen-bond donors (Lipinski definition) is 1. The van der Waals surface area contributed by atoms with Crippen LogP contribution < -0.4 is 5.73 Å². The van der Waals surface area contributed by atoms with E-state index in [-0.39, 0.29) is 0 Å². The maximum atomic E-state index is 5.60. The molecule has 2 heterocycles. The molecule has 74 valence electrons. The van der Waals surface area contributed by atoms with Crippen molar-refractivity contribution in [2.75, 3.05) is 6.54 Å². The zero-order valence-electron chi connectivity index (χ0n) is 8.67. The molecule has 2 bridgehead atoms. The Morgan fingerprint density at radius 1 is 1.00 bits per heavy atom. The van der Waals surface area contributed by atoms with Crippen LogP contribution in [-0.4, -0.2) is 13.3 Å². The third-order valence-electron chi connectivity index (χ3n) is 4.25. The van der Waals surface area contributed by atoms with Crippen molar-refractivity contribution in [1.82, 2.24) is 0 Å². The molecule has 0 aromatic rings. The lowest BCUT2D eigenvalue weighted by Gasteiger charge is -2.40. The topological polar surface area (TPSA) is 26.0 Å². The summed E-state index contributed by atoms with van der Waals surface area (Å²) in [5.74, 6) is 2.16. The van der Waals surface area contributed by atoms with Crippen molar-refractivity contribution < 1.29 is 0 Å². The van der Waals surface area contributed by atoms with E-state index in [1.54, 1.807) is 0 Å². The van der Waals surface area contributed by atoms with Crippen LogP contribution in [0.2, 0.25) is 18.0 Å². The minimum absolute atomic E-state index is 0.899. The van der Waals surface area contributed by atoms with Crippen LogP contribution >= 0.6 is 0 Å². The van der Waals surface area contributed by atoms with Gasteiger partial charge in [-0.15, -0.1) is 0 Å². The van der Waals surface area contributed by atoms with E-state index < -0.39 is 0 Å². The third kappa shape index (κ3) is 2.09. The summed E-state index contributed by atoms with van der Waals surface area (Å²) in [6.45, 7) is 1.96. The summed E-state index contributed by atoms with van der Waals surface area (Å²) in [6, 6.07) is 0. The van der Waals surface area contributed by atoms with Gasteiger partial charge in [-0.1, -0.05) is 56.5 Å². The van der Waals surface area contributed by atoms with Crippen LogP contribution in [-0.2, 0) is 0 Å². The number of nitrogens with two attached hydrogens (primary N) is 1. The van der Waals surface area contributed by atoms with Gasteiger partial charge >= 0.3 is 0 Å². The lowest BCUT2D eigenvalue weighted by molar-refractivity contribution is 0.440. The highest BCUT2D eigenvalue weighted by molar-refractivity contribution is 6.62. The van der Waals surface area contributed by atoms with Gasteiger partial charge in [-0.3, -0.25) is 0 Å². The lowest BCUT2D eigenvalue weighted by Crippen LogP contribution is -2.34. The number of hydrogen-bond acceptors (Lipinski definition) is 1. The molecule has 0 spiro atoms. The minimum atomic E-state index is 0.899. The van der Waals surface area contributed by atoms with E-state index in [1.807, 2.05) is 0 Å². The van der Waals surface area contributed by atoms with Gasteiger partial charge in [0.1, 0.15) is 6.71 Å². The van der Waals surface area contributed by atoms with Crippen molar-refractivity contribution in [3.05, 3.63) is 0 Å². The molecular weight excluding hydrogens is 157 g/mol. The quantitative estimate of drug-likeness (QED) is 0.662. The Morgan fingerprint density at radius 3 is 2.00 bits per heavy atom. The Labute approximate surface area is 82.5 Å². The summed E-state index contributed by atoms with van der Waals surface area (Å²) in [5, 5.41) is 0. The van der Waals surface area contributed by atoms with Crippen LogP contribution in [0.25, 0.3) is 0 Å². The van der Waals surface area contributed by atoms with Crippen LogP contribution in [0.1, 0.15) is 44.9 Å². The molecule has 0 atom stereocenters. The number of fused-ring (bicyclic) bond motifs is 2. The molecule has 2 N–H and O–H groups in total. The molecule has 2 aliphatic rings. The summed E-state index contributed by atoms with van der Waals surface area (Å²) in [4.78, 5) is 0. The first-order chi connectivity index (χ1) is 6.42. The van der Waals surface area contributed by atoms with E-state index in [4.69, 9.17) is 5.73 Å². The lowest BCUT2D eigenvalue weighted by atomic mass is 9.26. The smallest absolute Gasteiger partial charge is 0.146 e. The van der Waals surface area contributed by atoms with Gasteiger partial charge in [-0.05, 0) is 13.0 Å². The van der Waals surface area contributed by atoms with Gasteiger partial charge in [-0.25, -0.2) is 0 Å². The first-order valence-electron chi connectivity index (χ1n) is 6.12. The fourth-order valence-corrected chi connectivity index (χ4v) is 3.64. The molecular formula is C11H22BN. The molecule has 2 aliphatic heterocycles. The number of rotatable bonds is 3. The molecule has 0 aliphatic carbocycles.